The molecule has 0 aliphatic carbocycles. The van der Waals surface area contributed by atoms with Crippen LogP contribution in [0.15, 0.2) is 186 Å². The van der Waals surface area contributed by atoms with Gasteiger partial charge in [-0.15, -0.1) is 0 Å². The molecule has 0 fully saturated rings. The highest BCUT2D eigenvalue weighted by Crippen LogP contribution is 2.47. The quantitative estimate of drug-likeness (QED) is 0.178. The maximum atomic E-state index is 8.51. The van der Waals surface area contributed by atoms with E-state index in [2.05, 4.69) is 133 Å². The Bertz CT molecular complexity index is 2930. The molecule has 0 unspecified atom stereocenters. The van der Waals surface area contributed by atoms with Crippen molar-refractivity contribution in [2.75, 3.05) is 0 Å². The van der Waals surface area contributed by atoms with Crippen molar-refractivity contribution >= 4 is 54.3 Å². The molecular formula is C48H30O. The second kappa shape index (κ2) is 11.1. The zero-order valence-corrected chi connectivity index (χ0v) is 26.6. The number of hydrogen-bond acceptors (Lipinski definition) is 1. The Balaban J connectivity index is 1.18. The van der Waals surface area contributed by atoms with Gasteiger partial charge >= 0.3 is 0 Å². The summed E-state index contributed by atoms with van der Waals surface area (Å²) in [4.78, 5) is 0. The first-order chi connectivity index (χ1) is 25.1. The molecule has 0 amide bonds. The molecule has 0 bridgehead atoms. The molecule has 1 aromatic heterocycles. The summed E-state index contributed by atoms with van der Waals surface area (Å²) in [6.45, 7) is 0. The lowest BCUT2D eigenvalue weighted by molar-refractivity contribution is 0.669. The Hall–Kier alpha value is -6.44. The highest BCUT2D eigenvalue weighted by molar-refractivity contribution is 6.23. The van der Waals surface area contributed by atoms with Crippen LogP contribution < -0.4 is 0 Å². The van der Waals surface area contributed by atoms with E-state index < -0.39 is 0 Å². The second-order valence-electron chi connectivity index (χ2n) is 12.6. The molecule has 1 nitrogen and oxygen atoms in total. The summed E-state index contributed by atoms with van der Waals surface area (Å²) in [5.41, 5.74) is 10.7. The first-order valence-electron chi connectivity index (χ1n) is 17.7. The summed E-state index contributed by atoms with van der Waals surface area (Å²) < 4.78 is 22.7. The zero-order valence-electron chi connectivity index (χ0n) is 28.6. The molecule has 9 aromatic carbocycles. The molecule has 228 valence electrons. The molecule has 0 aliphatic heterocycles. The Morgan fingerprint density at radius 1 is 0.367 bits per heavy atom. The van der Waals surface area contributed by atoms with E-state index in [1.54, 1.807) is 6.07 Å². The molecule has 0 radical (unpaired) electrons. The molecule has 49 heavy (non-hydrogen) atoms. The van der Waals surface area contributed by atoms with Crippen LogP contribution in [0.5, 0.6) is 0 Å². The smallest absolute Gasteiger partial charge is 0.136 e. The van der Waals surface area contributed by atoms with Gasteiger partial charge in [-0.2, -0.15) is 0 Å². The Morgan fingerprint density at radius 3 is 1.76 bits per heavy atom. The summed E-state index contributed by atoms with van der Waals surface area (Å²) in [6, 6.07) is 60.4. The molecule has 10 rings (SSSR count). The van der Waals surface area contributed by atoms with E-state index in [0.29, 0.717) is 17.7 Å². The lowest BCUT2D eigenvalue weighted by atomic mass is 9.83. The first kappa shape index (κ1) is 25.6. The minimum absolute atomic E-state index is 0.393. The van der Waals surface area contributed by atoms with E-state index >= 15 is 0 Å². The molecule has 1 heterocycles. The third kappa shape index (κ3) is 4.40. The average molecular weight is 625 g/mol. The van der Waals surface area contributed by atoms with Crippen LogP contribution in [0.1, 0.15) is 2.74 Å². The van der Waals surface area contributed by atoms with Crippen LogP contribution in [-0.4, -0.2) is 0 Å². The van der Waals surface area contributed by atoms with Gasteiger partial charge in [0.1, 0.15) is 11.2 Å². The van der Waals surface area contributed by atoms with Crippen molar-refractivity contribution < 1.29 is 7.16 Å². The largest absolute Gasteiger partial charge is 0.456 e. The molecule has 1 heteroatoms. The van der Waals surface area contributed by atoms with E-state index in [4.69, 9.17) is 7.16 Å². The van der Waals surface area contributed by atoms with Crippen molar-refractivity contribution in [3.8, 4) is 44.5 Å². The fourth-order valence-corrected chi connectivity index (χ4v) is 7.73. The molecular weight excluding hydrogens is 593 g/mol. The number of rotatable bonds is 4. The molecule has 10 aromatic rings. The van der Waals surface area contributed by atoms with Crippen LogP contribution >= 0.6 is 0 Å². The highest BCUT2D eigenvalue weighted by atomic mass is 16.3. The van der Waals surface area contributed by atoms with Crippen LogP contribution in [0, 0.1) is 0 Å². The summed E-state index contributed by atoms with van der Waals surface area (Å²) in [6.07, 6.45) is 0. The van der Waals surface area contributed by atoms with Gasteiger partial charge in [0.25, 0.3) is 0 Å². The fourth-order valence-electron chi connectivity index (χ4n) is 7.73. The van der Waals surface area contributed by atoms with Gasteiger partial charge in [0.15, 0.2) is 0 Å². The predicted molar refractivity (Wildman–Crippen MR) is 208 cm³/mol. The number of para-hydroxylation sites is 1. The van der Waals surface area contributed by atoms with E-state index in [0.717, 1.165) is 54.9 Å². The third-order valence-electron chi connectivity index (χ3n) is 9.94. The van der Waals surface area contributed by atoms with E-state index in [9.17, 15) is 0 Å². The van der Waals surface area contributed by atoms with Gasteiger partial charge in [-0.3, -0.25) is 0 Å². The van der Waals surface area contributed by atoms with Crippen molar-refractivity contribution in [3.63, 3.8) is 0 Å². The van der Waals surface area contributed by atoms with Crippen LogP contribution in [0.2, 0.25) is 0 Å². The lowest BCUT2D eigenvalue weighted by Gasteiger charge is -2.20. The van der Waals surface area contributed by atoms with Crippen LogP contribution in [0.25, 0.3) is 98.8 Å². The van der Waals surface area contributed by atoms with E-state index in [-0.39, 0.29) is 0 Å². The van der Waals surface area contributed by atoms with Gasteiger partial charge in [-0.1, -0.05) is 164 Å². The SMILES string of the molecule is [2H]c1ccc2cc(-c3ccc(-c4c5ccccc5c(-c5ccccc5-c5cccc6oc7c([2H])cccc7c56)c5ccccc45)cc3)ccc2c1. The standard InChI is InChI=1S/C48H30O/c1-2-13-34-30-35(29-26-31(34)12-1)32-24-27-33(28-25-32)46-39-16-5-7-18-41(39)47(42-19-8-6-17-40(42)46)37-15-4-3-14-36(37)38-21-11-23-45-48(38)43-20-9-10-22-44(43)49-45/h1-30H/i1D,22D. The van der Waals surface area contributed by atoms with Gasteiger partial charge in [-0.05, 0) is 95.0 Å². The number of benzene rings is 9. The van der Waals surface area contributed by atoms with Gasteiger partial charge < -0.3 is 4.42 Å². The van der Waals surface area contributed by atoms with Gasteiger partial charge in [0.05, 0.1) is 2.74 Å². The maximum Gasteiger partial charge on any atom is 0.136 e. The van der Waals surface area contributed by atoms with Crippen molar-refractivity contribution in [3.05, 3.63) is 182 Å². The zero-order chi connectivity index (χ0) is 34.1. The number of fused-ring (bicyclic) bond motifs is 6. The minimum Gasteiger partial charge on any atom is -0.456 e. The molecule has 0 saturated carbocycles. The normalized spacial score (nSPS) is 12.2. The molecule has 0 aliphatic rings. The second-order valence-corrected chi connectivity index (χ2v) is 12.6. The summed E-state index contributed by atoms with van der Waals surface area (Å²) in [5, 5.41) is 9.02. The fraction of sp³-hybridized carbons (Fsp3) is 0. The topological polar surface area (TPSA) is 13.1 Å². The van der Waals surface area contributed by atoms with Crippen molar-refractivity contribution in [2.45, 2.75) is 0 Å². The monoisotopic (exact) mass is 624 g/mol. The Morgan fingerprint density at radius 2 is 0.980 bits per heavy atom. The number of furan rings is 1. The summed E-state index contributed by atoms with van der Waals surface area (Å²) in [5.74, 6) is 0. The first-order valence-corrected chi connectivity index (χ1v) is 16.7. The van der Waals surface area contributed by atoms with Crippen molar-refractivity contribution in [2.24, 2.45) is 0 Å². The van der Waals surface area contributed by atoms with E-state index in [1.165, 1.54) is 38.2 Å². The van der Waals surface area contributed by atoms with Crippen molar-refractivity contribution in [1.82, 2.24) is 0 Å². The molecule has 0 spiro atoms. The minimum atomic E-state index is 0.393. The lowest BCUT2D eigenvalue weighted by Crippen LogP contribution is -1.93. The third-order valence-corrected chi connectivity index (χ3v) is 9.94. The molecule has 0 saturated heterocycles. The van der Waals surface area contributed by atoms with Gasteiger partial charge in [-0.25, -0.2) is 0 Å². The van der Waals surface area contributed by atoms with Crippen molar-refractivity contribution in [1.29, 1.82) is 0 Å². The molecule has 0 N–H and O–H groups in total. The maximum absolute atomic E-state index is 8.51. The predicted octanol–water partition coefficient (Wildman–Crippen LogP) is 13.7. The van der Waals surface area contributed by atoms with E-state index in [1.807, 2.05) is 30.3 Å². The van der Waals surface area contributed by atoms with Crippen LogP contribution in [-0.2, 0) is 0 Å². The number of hydrogen-bond donors (Lipinski definition) is 0. The highest BCUT2D eigenvalue weighted by Gasteiger charge is 2.20. The van der Waals surface area contributed by atoms with Crippen LogP contribution in [0.3, 0.4) is 0 Å². The summed E-state index contributed by atoms with van der Waals surface area (Å²) >= 11 is 0. The van der Waals surface area contributed by atoms with Gasteiger partial charge in [0.2, 0.25) is 0 Å². The average Bonchev–Trinajstić information content (AvgIpc) is 3.57. The Kier molecular flexibility index (Phi) is 5.79. The Labute approximate surface area is 287 Å². The van der Waals surface area contributed by atoms with Crippen LogP contribution in [0.4, 0.5) is 0 Å². The van der Waals surface area contributed by atoms with Gasteiger partial charge in [0, 0.05) is 10.8 Å². The summed E-state index contributed by atoms with van der Waals surface area (Å²) in [7, 11) is 0. The molecule has 0 atom stereocenters.